The Kier molecular flexibility index (Phi) is 3.97. The van der Waals surface area contributed by atoms with Crippen LogP contribution in [0.3, 0.4) is 0 Å². The first-order valence-electron chi connectivity index (χ1n) is 7.15. The van der Waals surface area contributed by atoms with E-state index in [1.807, 2.05) is 0 Å². The number of hydrogen-bond acceptors (Lipinski definition) is 3. The summed E-state index contributed by atoms with van der Waals surface area (Å²) in [6, 6.07) is 0.102. The molecule has 2 fully saturated rings. The van der Waals surface area contributed by atoms with E-state index in [9.17, 15) is 4.79 Å². The van der Waals surface area contributed by atoms with Crippen molar-refractivity contribution in [1.82, 2.24) is 10.2 Å². The van der Waals surface area contributed by atoms with E-state index in [0.29, 0.717) is 0 Å². The van der Waals surface area contributed by atoms with E-state index in [1.54, 1.807) is 0 Å². The molecule has 104 valence electrons. The summed E-state index contributed by atoms with van der Waals surface area (Å²) in [5, 5.41) is 3.13. The molecule has 4 heteroatoms. The average molecular weight is 253 g/mol. The number of nitrogens with one attached hydrogen (secondary N) is 1. The summed E-state index contributed by atoms with van der Waals surface area (Å²) in [7, 11) is 4.26. The van der Waals surface area contributed by atoms with Crippen molar-refractivity contribution in [1.29, 1.82) is 0 Å². The Morgan fingerprint density at radius 2 is 2.17 bits per heavy atom. The van der Waals surface area contributed by atoms with Crippen molar-refractivity contribution in [3.63, 3.8) is 0 Å². The number of likely N-dealkylation sites (N-methyl/N-ethyl adjacent to an activating group) is 1. The molecule has 0 bridgehead atoms. The maximum atomic E-state index is 11.9. The van der Waals surface area contributed by atoms with Gasteiger partial charge in [-0.05, 0) is 39.3 Å². The molecule has 3 N–H and O–H groups in total. The Bertz CT molecular complexity index is 318. The molecule has 2 aliphatic carbocycles. The van der Waals surface area contributed by atoms with Crippen LogP contribution in [0, 0.1) is 11.8 Å². The molecular weight excluding hydrogens is 226 g/mol. The molecule has 2 rings (SSSR count). The van der Waals surface area contributed by atoms with E-state index in [2.05, 4.69) is 31.2 Å². The van der Waals surface area contributed by atoms with E-state index in [4.69, 9.17) is 5.73 Å². The molecule has 0 aromatic heterocycles. The Morgan fingerprint density at radius 3 is 2.67 bits per heavy atom. The summed E-state index contributed by atoms with van der Waals surface area (Å²) in [5.41, 5.74) is 5.86. The number of rotatable bonds is 4. The quantitative estimate of drug-likeness (QED) is 0.784. The number of nitrogens with zero attached hydrogens (tertiary/aromatic N) is 1. The molecular formula is C14H27N3O. The molecule has 18 heavy (non-hydrogen) atoms. The predicted octanol–water partition coefficient (Wildman–Crippen LogP) is 0.960. The van der Waals surface area contributed by atoms with Gasteiger partial charge in [0, 0.05) is 18.1 Å². The fourth-order valence-corrected chi connectivity index (χ4v) is 3.26. The summed E-state index contributed by atoms with van der Waals surface area (Å²) < 4.78 is 0. The lowest BCUT2D eigenvalue weighted by atomic mass is 9.75. The minimum absolute atomic E-state index is 0.0743. The van der Waals surface area contributed by atoms with E-state index in [0.717, 1.165) is 18.9 Å². The van der Waals surface area contributed by atoms with Gasteiger partial charge in [-0.3, -0.25) is 4.79 Å². The van der Waals surface area contributed by atoms with Crippen LogP contribution in [0.2, 0.25) is 0 Å². The number of hydrogen-bond donors (Lipinski definition) is 2. The first kappa shape index (κ1) is 13.8. The van der Waals surface area contributed by atoms with E-state index in [1.165, 1.54) is 25.7 Å². The van der Waals surface area contributed by atoms with Crippen LogP contribution < -0.4 is 11.1 Å². The Hall–Kier alpha value is -0.610. The highest BCUT2D eigenvalue weighted by atomic mass is 16.2. The second kappa shape index (κ2) is 5.17. The first-order valence-corrected chi connectivity index (χ1v) is 7.15. The SMILES string of the molecule is CC1CCCC(CNC(=O)C2CC2N)(N(C)C)C1. The molecule has 2 saturated carbocycles. The van der Waals surface area contributed by atoms with Crippen LogP contribution in [-0.4, -0.2) is 43.0 Å². The van der Waals surface area contributed by atoms with Gasteiger partial charge >= 0.3 is 0 Å². The summed E-state index contributed by atoms with van der Waals surface area (Å²) in [4.78, 5) is 14.2. The highest BCUT2D eigenvalue weighted by Crippen LogP contribution is 2.35. The smallest absolute Gasteiger partial charge is 0.224 e. The van der Waals surface area contributed by atoms with Crippen molar-refractivity contribution >= 4 is 5.91 Å². The van der Waals surface area contributed by atoms with Crippen LogP contribution in [0.4, 0.5) is 0 Å². The van der Waals surface area contributed by atoms with Gasteiger partial charge < -0.3 is 16.0 Å². The predicted molar refractivity (Wildman–Crippen MR) is 73.1 cm³/mol. The third-order valence-electron chi connectivity index (χ3n) is 4.78. The molecule has 4 nitrogen and oxygen atoms in total. The summed E-state index contributed by atoms with van der Waals surface area (Å²) >= 11 is 0. The van der Waals surface area contributed by atoms with Crippen LogP contribution >= 0.6 is 0 Å². The molecule has 0 aromatic rings. The number of carbonyl (C=O) groups excluding carboxylic acids is 1. The molecule has 0 saturated heterocycles. The molecule has 0 radical (unpaired) electrons. The fourth-order valence-electron chi connectivity index (χ4n) is 3.26. The van der Waals surface area contributed by atoms with E-state index < -0.39 is 0 Å². The van der Waals surface area contributed by atoms with Crippen molar-refractivity contribution in [3.05, 3.63) is 0 Å². The summed E-state index contributed by atoms with van der Waals surface area (Å²) in [6.07, 6.45) is 5.80. The monoisotopic (exact) mass is 253 g/mol. The lowest BCUT2D eigenvalue weighted by Crippen LogP contribution is -2.55. The molecule has 4 atom stereocenters. The number of carbonyl (C=O) groups is 1. The molecule has 0 spiro atoms. The van der Waals surface area contributed by atoms with Gasteiger partial charge in [-0.25, -0.2) is 0 Å². The largest absolute Gasteiger partial charge is 0.354 e. The highest BCUT2D eigenvalue weighted by Gasteiger charge is 2.42. The van der Waals surface area contributed by atoms with Crippen molar-refractivity contribution in [3.8, 4) is 0 Å². The maximum Gasteiger partial charge on any atom is 0.224 e. The zero-order valence-corrected chi connectivity index (χ0v) is 11.9. The minimum atomic E-state index is 0.0743. The summed E-state index contributed by atoms with van der Waals surface area (Å²) in [6.45, 7) is 3.09. The number of amides is 1. The molecule has 0 aliphatic heterocycles. The van der Waals surface area contributed by atoms with Gasteiger partial charge in [-0.1, -0.05) is 19.8 Å². The Labute approximate surface area is 110 Å². The fraction of sp³-hybridized carbons (Fsp3) is 0.929. The normalized spacial score (nSPS) is 39.7. The average Bonchev–Trinajstić information content (AvgIpc) is 3.03. The van der Waals surface area contributed by atoms with Gasteiger partial charge in [0.05, 0.1) is 5.92 Å². The van der Waals surface area contributed by atoms with Crippen molar-refractivity contribution in [2.75, 3.05) is 20.6 Å². The van der Waals surface area contributed by atoms with E-state index >= 15 is 0 Å². The van der Waals surface area contributed by atoms with Crippen LogP contribution in [0.25, 0.3) is 0 Å². The highest BCUT2D eigenvalue weighted by molar-refractivity contribution is 5.82. The van der Waals surface area contributed by atoms with Crippen LogP contribution in [0.15, 0.2) is 0 Å². The van der Waals surface area contributed by atoms with E-state index in [-0.39, 0.29) is 23.4 Å². The number of nitrogens with two attached hydrogens (primary N) is 1. The Morgan fingerprint density at radius 1 is 1.50 bits per heavy atom. The zero-order chi connectivity index (χ0) is 13.3. The third kappa shape index (κ3) is 2.86. The van der Waals surface area contributed by atoms with Gasteiger partial charge in [0.2, 0.25) is 5.91 Å². The van der Waals surface area contributed by atoms with Crippen molar-refractivity contribution < 1.29 is 4.79 Å². The third-order valence-corrected chi connectivity index (χ3v) is 4.78. The molecule has 0 heterocycles. The zero-order valence-electron chi connectivity index (χ0n) is 11.9. The Balaban J connectivity index is 1.91. The van der Waals surface area contributed by atoms with Crippen LogP contribution in [0.1, 0.15) is 39.0 Å². The molecule has 0 aromatic carbocycles. The van der Waals surface area contributed by atoms with Crippen molar-refractivity contribution in [2.45, 2.75) is 50.6 Å². The van der Waals surface area contributed by atoms with Crippen LogP contribution in [-0.2, 0) is 4.79 Å². The van der Waals surface area contributed by atoms with Gasteiger partial charge in [-0.15, -0.1) is 0 Å². The lowest BCUT2D eigenvalue weighted by molar-refractivity contribution is -0.123. The van der Waals surface area contributed by atoms with Crippen molar-refractivity contribution in [2.24, 2.45) is 17.6 Å². The standard InChI is InChI=1S/C14H27N3O/c1-10-5-4-6-14(8-10,17(2)3)9-16-13(18)11-7-12(11)15/h10-12H,4-9,15H2,1-3H3,(H,16,18). The lowest BCUT2D eigenvalue weighted by Gasteiger charge is -2.45. The first-order chi connectivity index (χ1) is 8.44. The van der Waals surface area contributed by atoms with Crippen LogP contribution in [0.5, 0.6) is 0 Å². The minimum Gasteiger partial charge on any atom is -0.354 e. The topological polar surface area (TPSA) is 58.4 Å². The van der Waals surface area contributed by atoms with Gasteiger partial charge in [0.1, 0.15) is 0 Å². The molecule has 2 aliphatic rings. The van der Waals surface area contributed by atoms with Gasteiger partial charge in [0.25, 0.3) is 0 Å². The van der Waals surface area contributed by atoms with Gasteiger partial charge in [0.15, 0.2) is 0 Å². The second-order valence-corrected chi connectivity index (χ2v) is 6.54. The molecule has 4 unspecified atom stereocenters. The molecule has 1 amide bonds. The second-order valence-electron chi connectivity index (χ2n) is 6.54. The van der Waals surface area contributed by atoms with Gasteiger partial charge in [-0.2, -0.15) is 0 Å². The maximum absolute atomic E-state index is 11.9. The summed E-state index contributed by atoms with van der Waals surface area (Å²) in [5.74, 6) is 0.980.